The minimum absolute atomic E-state index is 0.00484. The molecule has 0 heterocycles. The molecule has 0 rings (SSSR count). The van der Waals surface area contributed by atoms with Crippen molar-refractivity contribution < 1.29 is 30.6 Å². The maximum absolute atomic E-state index is 13.4. The van der Waals surface area contributed by atoms with Crippen LogP contribution in [0.2, 0.25) is 0 Å². The Morgan fingerprint density at radius 2 is 1.23 bits per heavy atom. The molecule has 0 N–H and O–H groups in total. The summed E-state index contributed by atoms with van der Waals surface area (Å²) in [7, 11) is 5.79. The molecule has 10 heteroatoms. The number of methoxy groups -OCH3 is 4. The summed E-state index contributed by atoms with van der Waals surface area (Å²) in [5.74, 6) is 0. The first-order valence-corrected chi connectivity index (χ1v) is 8.10. The number of nitrogens with zero attached hydrogens (tertiary/aromatic N) is 2. The molecule has 0 aliphatic rings. The molecule has 0 saturated heterocycles. The van der Waals surface area contributed by atoms with Crippen molar-refractivity contribution in [3.63, 3.8) is 0 Å². The van der Waals surface area contributed by atoms with E-state index in [-0.39, 0.29) is 19.8 Å². The van der Waals surface area contributed by atoms with Crippen molar-refractivity contribution in [2.75, 3.05) is 74.5 Å². The third kappa shape index (κ3) is 8.51. The lowest BCUT2D eigenvalue weighted by Crippen LogP contribution is -2.52. The summed E-state index contributed by atoms with van der Waals surface area (Å²) in [4.78, 5) is 1.66. The molecule has 0 fully saturated rings. The van der Waals surface area contributed by atoms with Crippen LogP contribution in [0.3, 0.4) is 0 Å². The second-order valence-electron chi connectivity index (χ2n) is 4.47. The van der Waals surface area contributed by atoms with Gasteiger partial charge in [0.05, 0.1) is 26.4 Å². The molecule has 22 heavy (non-hydrogen) atoms. The van der Waals surface area contributed by atoms with Crippen LogP contribution in [0.25, 0.3) is 0 Å². The topological polar surface area (TPSA) is 43.4 Å². The lowest BCUT2D eigenvalue weighted by molar-refractivity contribution is -0.00661. The summed E-state index contributed by atoms with van der Waals surface area (Å²) in [5.41, 5.74) is 0. The van der Waals surface area contributed by atoms with Gasteiger partial charge in [-0.3, -0.25) is 4.90 Å². The van der Waals surface area contributed by atoms with E-state index in [4.69, 9.17) is 18.9 Å². The third-order valence-corrected chi connectivity index (χ3v) is 3.97. The Bertz CT molecular complexity index is 267. The maximum atomic E-state index is 13.4. The van der Waals surface area contributed by atoms with Crippen molar-refractivity contribution in [1.82, 2.24) is 9.21 Å². The Hall–Kier alpha value is -0.100. The number of rotatable bonds is 14. The molecule has 0 aromatic rings. The van der Waals surface area contributed by atoms with Crippen molar-refractivity contribution in [3.05, 3.63) is 0 Å². The second kappa shape index (κ2) is 12.3. The van der Waals surface area contributed by atoms with E-state index in [1.54, 1.807) is 4.90 Å². The van der Waals surface area contributed by atoms with Gasteiger partial charge in [-0.15, -0.1) is 11.7 Å². The highest BCUT2D eigenvalue weighted by atomic mass is 32.3. The third-order valence-electron chi connectivity index (χ3n) is 3.02. The number of halogens is 3. The van der Waals surface area contributed by atoms with E-state index in [0.717, 1.165) is 0 Å². The van der Waals surface area contributed by atoms with Gasteiger partial charge in [-0.1, -0.05) is 0 Å². The fourth-order valence-corrected chi connectivity index (χ4v) is 2.67. The lowest BCUT2D eigenvalue weighted by Gasteiger charge is -2.40. The zero-order valence-electron chi connectivity index (χ0n) is 13.6. The van der Waals surface area contributed by atoms with Crippen LogP contribution in [0.4, 0.5) is 11.7 Å². The largest absolute Gasteiger partial charge is 0.383 e. The van der Waals surface area contributed by atoms with Crippen molar-refractivity contribution >= 4 is 11.4 Å². The van der Waals surface area contributed by atoms with Gasteiger partial charge in [0.15, 0.2) is 0 Å². The maximum Gasteiger partial charge on any atom is 0.279 e. The highest BCUT2D eigenvalue weighted by Gasteiger charge is 2.39. The molecule has 0 spiro atoms. The molecule has 6 nitrogen and oxygen atoms in total. The molecule has 0 aliphatic carbocycles. The predicted molar refractivity (Wildman–Crippen MR) is 80.5 cm³/mol. The number of ether oxygens (including phenoxy) is 4. The van der Waals surface area contributed by atoms with Crippen LogP contribution < -0.4 is 0 Å². The van der Waals surface area contributed by atoms with E-state index in [0.29, 0.717) is 30.6 Å². The van der Waals surface area contributed by atoms with Crippen molar-refractivity contribution in [2.45, 2.75) is 6.17 Å². The average molecular weight is 352 g/mol. The van der Waals surface area contributed by atoms with Gasteiger partial charge in [0.2, 0.25) is 0 Å². The van der Waals surface area contributed by atoms with Crippen LogP contribution in [-0.4, -0.2) is 89.9 Å². The fraction of sp³-hybridized carbons (Fsp3) is 1.00. The molecule has 1 atom stereocenters. The molecule has 1 unspecified atom stereocenters. The van der Waals surface area contributed by atoms with Gasteiger partial charge in [-0.2, -0.15) is 4.31 Å². The summed E-state index contributed by atoms with van der Waals surface area (Å²) in [5, 5.41) is 0. The molecule has 0 aromatic carbocycles. The summed E-state index contributed by atoms with van der Waals surface area (Å²) in [6.45, 7) is 1.06. The van der Waals surface area contributed by atoms with Crippen molar-refractivity contribution in [1.29, 1.82) is 0 Å². The molecule has 0 aromatic heterocycles. The monoisotopic (exact) mass is 352 g/mol. The lowest BCUT2D eigenvalue weighted by atomic mass is 10.3. The van der Waals surface area contributed by atoms with Crippen LogP contribution in [0.5, 0.6) is 0 Å². The van der Waals surface area contributed by atoms with E-state index in [9.17, 15) is 11.7 Å². The quantitative estimate of drug-likeness (QED) is 0.445. The van der Waals surface area contributed by atoms with Gasteiger partial charge in [0, 0.05) is 48.1 Å². The molecule has 0 saturated carbocycles. The Morgan fingerprint density at radius 3 is 1.59 bits per heavy atom. The van der Waals surface area contributed by atoms with Gasteiger partial charge in [-0.05, 0) is 0 Å². The van der Waals surface area contributed by atoms with Crippen molar-refractivity contribution in [3.8, 4) is 0 Å². The summed E-state index contributed by atoms with van der Waals surface area (Å²) >= 11 is -5.40. The van der Waals surface area contributed by atoms with Crippen LogP contribution in [0.15, 0.2) is 0 Å². The average Bonchev–Trinajstić information content (AvgIpc) is 2.46. The van der Waals surface area contributed by atoms with Crippen LogP contribution >= 0.6 is 11.4 Å². The summed E-state index contributed by atoms with van der Waals surface area (Å²) in [6.07, 6.45) is -0.930. The zero-order chi connectivity index (χ0) is 17.0. The SMILES string of the molecule is COCCN(CCOC)C(COC)N(CCOC)S(F)(F)F. The zero-order valence-corrected chi connectivity index (χ0v) is 14.4. The van der Waals surface area contributed by atoms with E-state index in [1.807, 2.05) is 0 Å². The molecule has 136 valence electrons. The number of hydrogen-bond acceptors (Lipinski definition) is 6. The first kappa shape index (κ1) is 21.9. The van der Waals surface area contributed by atoms with Crippen LogP contribution in [0, 0.1) is 0 Å². The van der Waals surface area contributed by atoms with Crippen molar-refractivity contribution in [2.24, 2.45) is 0 Å². The van der Waals surface area contributed by atoms with Gasteiger partial charge >= 0.3 is 0 Å². The van der Waals surface area contributed by atoms with E-state index < -0.39 is 17.5 Å². The van der Waals surface area contributed by atoms with Crippen LogP contribution in [0.1, 0.15) is 0 Å². The Balaban J connectivity index is 5.15. The fourth-order valence-electron chi connectivity index (χ4n) is 1.92. The molecular weight excluding hydrogens is 325 g/mol. The first-order valence-electron chi connectivity index (χ1n) is 6.81. The highest BCUT2D eigenvalue weighted by molar-refractivity contribution is 8.18. The van der Waals surface area contributed by atoms with Gasteiger partial charge < -0.3 is 18.9 Å². The van der Waals surface area contributed by atoms with E-state index >= 15 is 0 Å². The Kier molecular flexibility index (Phi) is 12.3. The highest BCUT2D eigenvalue weighted by Crippen LogP contribution is 2.57. The molecule has 0 radical (unpaired) electrons. The van der Waals surface area contributed by atoms with Gasteiger partial charge in [-0.25, -0.2) is 0 Å². The van der Waals surface area contributed by atoms with Gasteiger partial charge in [0.25, 0.3) is 11.4 Å². The smallest absolute Gasteiger partial charge is 0.279 e. The van der Waals surface area contributed by atoms with Gasteiger partial charge in [0.1, 0.15) is 6.17 Å². The summed E-state index contributed by atoms with van der Waals surface area (Å²) < 4.78 is 60.6. The molecule has 0 bridgehead atoms. The van der Waals surface area contributed by atoms with E-state index in [2.05, 4.69) is 0 Å². The minimum atomic E-state index is -5.40. The summed E-state index contributed by atoms with van der Waals surface area (Å²) in [6, 6.07) is 0. The standard InChI is InChI=1S/C12H27F3N2O4S/c1-18-8-5-16(6-9-19-2)12(11-21-4)17(7-10-20-3)22(13,14)15/h12H,5-11H2,1-4H3. The first-order chi connectivity index (χ1) is 10.4. The minimum Gasteiger partial charge on any atom is -0.383 e. The Morgan fingerprint density at radius 1 is 0.773 bits per heavy atom. The second-order valence-corrected chi connectivity index (χ2v) is 5.71. The number of hydrogen-bond donors (Lipinski definition) is 0. The predicted octanol–water partition coefficient (Wildman–Crippen LogP) is 1.88. The Labute approximate surface area is 132 Å². The normalized spacial score (nSPS) is 14.8. The van der Waals surface area contributed by atoms with Crippen LogP contribution in [-0.2, 0) is 18.9 Å². The van der Waals surface area contributed by atoms with E-state index in [1.165, 1.54) is 28.4 Å². The molecule has 0 aliphatic heterocycles. The molecule has 0 amide bonds. The molecular formula is C12H27F3N2O4S.